The molecule has 0 atom stereocenters. The summed E-state index contributed by atoms with van der Waals surface area (Å²) in [5.74, 6) is -6.37. The Hall–Kier alpha value is -2.45. The van der Waals surface area contributed by atoms with Gasteiger partial charge in [0, 0.05) is 23.8 Å². The highest BCUT2D eigenvalue weighted by Crippen LogP contribution is 2.46. The van der Waals surface area contributed by atoms with E-state index in [9.17, 15) is 26.3 Å². The van der Waals surface area contributed by atoms with Crippen LogP contribution in [-0.2, 0) is 0 Å². The molecule has 4 rings (SSSR count). The van der Waals surface area contributed by atoms with Crippen molar-refractivity contribution in [3.63, 3.8) is 0 Å². The molecule has 0 aliphatic heterocycles. The smallest absolute Gasteiger partial charge is 0.453 e. The van der Waals surface area contributed by atoms with Crippen LogP contribution in [-0.4, -0.2) is 6.36 Å². The first-order chi connectivity index (χ1) is 18.6. The molecule has 2 fully saturated rings. The molecule has 2 aromatic carbocycles. The third-order valence-corrected chi connectivity index (χ3v) is 8.39. The maximum absolute atomic E-state index is 15.4. The first-order valence-electron chi connectivity index (χ1n) is 13.9. The van der Waals surface area contributed by atoms with Crippen LogP contribution < -0.4 is 9.47 Å². The van der Waals surface area contributed by atoms with E-state index in [0.29, 0.717) is 36.8 Å². The summed E-state index contributed by atoms with van der Waals surface area (Å²) in [5.41, 5.74) is -0.153. The van der Waals surface area contributed by atoms with E-state index < -0.39 is 46.9 Å². The van der Waals surface area contributed by atoms with Crippen LogP contribution in [0.2, 0.25) is 0 Å². The Morgan fingerprint density at radius 3 is 1.97 bits per heavy atom. The van der Waals surface area contributed by atoms with Gasteiger partial charge < -0.3 is 9.47 Å². The van der Waals surface area contributed by atoms with Gasteiger partial charge in [-0.05, 0) is 68.3 Å². The zero-order chi connectivity index (χ0) is 28.2. The molecule has 2 saturated carbocycles. The van der Waals surface area contributed by atoms with Crippen LogP contribution in [0.5, 0.6) is 17.2 Å². The maximum Gasteiger partial charge on any atom is 0.573 e. The summed E-state index contributed by atoms with van der Waals surface area (Å²) in [5, 5.41) is 0. The molecule has 0 aromatic heterocycles. The number of benzene rings is 2. The first-order valence-corrected chi connectivity index (χ1v) is 13.9. The molecule has 2 aliphatic carbocycles. The van der Waals surface area contributed by atoms with Crippen molar-refractivity contribution < 1.29 is 40.2 Å². The van der Waals surface area contributed by atoms with Gasteiger partial charge in [-0.3, -0.25) is 0 Å². The molecule has 2 aliphatic rings. The van der Waals surface area contributed by atoms with Crippen molar-refractivity contribution in [3.05, 3.63) is 53.1 Å². The number of unbranched alkanes of at least 4 members (excludes halogenated alkanes) is 2. The van der Waals surface area contributed by atoms with Crippen molar-refractivity contribution in [2.75, 3.05) is 0 Å². The number of hydrogen-bond acceptors (Lipinski definition) is 2. The maximum atomic E-state index is 15.4. The minimum atomic E-state index is -5.30. The van der Waals surface area contributed by atoms with E-state index in [1.807, 2.05) is 0 Å². The van der Waals surface area contributed by atoms with Gasteiger partial charge >= 0.3 is 6.36 Å². The molecule has 0 spiro atoms. The molecule has 0 saturated heterocycles. The topological polar surface area (TPSA) is 18.5 Å². The fourth-order valence-electron chi connectivity index (χ4n) is 6.38. The average Bonchev–Trinajstić information content (AvgIpc) is 2.89. The van der Waals surface area contributed by atoms with Crippen LogP contribution >= 0.6 is 0 Å². The third-order valence-electron chi connectivity index (χ3n) is 8.39. The molecule has 0 amide bonds. The van der Waals surface area contributed by atoms with Gasteiger partial charge in [-0.2, -0.15) is 0 Å². The molecule has 2 aromatic rings. The summed E-state index contributed by atoms with van der Waals surface area (Å²) in [6.45, 7) is 2.22. The van der Waals surface area contributed by atoms with E-state index in [2.05, 4.69) is 17.7 Å². The van der Waals surface area contributed by atoms with Crippen LogP contribution in [0.4, 0.5) is 30.7 Å². The number of ether oxygens (including phenoxy) is 2. The molecule has 39 heavy (non-hydrogen) atoms. The molecule has 215 valence electrons. The Labute approximate surface area is 224 Å². The predicted octanol–water partition coefficient (Wildman–Crippen LogP) is 10.4. The Bertz CT molecular complexity index is 1080. The van der Waals surface area contributed by atoms with Crippen molar-refractivity contribution >= 4 is 0 Å². The Morgan fingerprint density at radius 2 is 1.41 bits per heavy atom. The second kappa shape index (κ2) is 12.8. The van der Waals surface area contributed by atoms with Crippen LogP contribution in [0.3, 0.4) is 0 Å². The molecule has 9 heteroatoms. The lowest BCUT2D eigenvalue weighted by molar-refractivity contribution is -0.276. The SMILES string of the molecule is CCCCC[C@H]1CC[C@H](C2CCC(c3c(F)c[c]c(Oc4cc(F)c(OC(F)(F)F)c(F)c4)c3F)CC2)CC1. The summed E-state index contributed by atoms with van der Waals surface area (Å²) >= 11 is 0. The van der Waals surface area contributed by atoms with E-state index in [4.69, 9.17) is 4.74 Å². The number of alkyl halides is 3. The summed E-state index contributed by atoms with van der Waals surface area (Å²) in [6, 6.07) is 4.06. The normalized spacial score (nSPS) is 24.0. The molecule has 2 nitrogen and oxygen atoms in total. The van der Waals surface area contributed by atoms with Crippen LogP contribution in [0, 0.1) is 47.1 Å². The van der Waals surface area contributed by atoms with E-state index in [-0.39, 0.29) is 11.5 Å². The fraction of sp³-hybridized carbons (Fsp3) is 0.600. The lowest BCUT2D eigenvalue weighted by Crippen LogP contribution is -2.26. The van der Waals surface area contributed by atoms with E-state index in [0.717, 1.165) is 24.8 Å². The molecular formula is C30H34F7O2. The molecule has 0 unspecified atom stereocenters. The minimum Gasteiger partial charge on any atom is -0.453 e. The average molecular weight is 560 g/mol. The van der Waals surface area contributed by atoms with Gasteiger partial charge in [-0.15, -0.1) is 13.2 Å². The predicted molar refractivity (Wildman–Crippen MR) is 133 cm³/mol. The third kappa shape index (κ3) is 7.60. The van der Waals surface area contributed by atoms with Gasteiger partial charge in [0.1, 0.15) is 11.6 Å². The van der Waals surface area contributed by atoms with Crippen molar-refractivity contribution in [1.82, 2.24) is 0 Å². The van der Waals surface area contributed by atoms with Gasteiger partial charge in [0.15, 0.2) is 23.2 Å². The zero-order valence-corrected chi connectivity index (χ0v) is 22.0. The van der Waals surface area contributed by atoms with Crippen molar-refractivity contribution in [1.29, 1.82) is 0 Å². The lowest BCUT2D eigenvalue weighted by Gasteiger charge is -2.38. The van der Waals surface area contributed by atoms with Crippen LogP contribution in [0.1, 0.15) is 95.5 Å². The van der Waals surface area contributed by atoms with E-state index in [1.54, 1.807) is 0 Å². The van der Waals surface area contributed by atoms with Gasteiger partial charge in [0.25, 0.3) is 0 Å². The van der Waals surface area contributed by atoms with Gasteiger partial charge in [0.2, 0.25) is 5.75 Å². The molecule has 0 heterocycles. The monoisotopic (exact) mass is 559 g/mol. The largest absolute Gasteiger partial charge is 0.573 e. The van der Waals surface area contributed by atoms with Crippen molar-refractivity contribution in [2.45, 2.75) is 96.3 Å². The highest BCUT2D eigenvalue weighted by molar-refractivity contribution is 5.40. The summed E-state index contributed by atoms with van der Waals surface area (Å²) in [7, 11) is 0. The van der Waals surface area contributed by atoms with Gasteiger partial charge in [-0.1, -0.05) is 45.4 Å². The molecule has 0 bridgehead atoms. The van der Waals surface area contributed by atoms with Crippen LogP contribution in [0.15, 0.2) is 18.2 Å². The second-order valence-electron chi connectivity index (χ2n) is 10.9. The van der Waals surface area contributed by atoms with E-state index in [1.165, 1.54) is 51.4 Å². The summed E-state index contributed by atoms with van der Waals surface area (Å²) in [6.07, 6.45) is 7.77. The number of hydrogen-bond donors (Lipinski definition) is 0. The van der Waals surface area contributed by atoms with Gasteiger partial charge in [-0.25, -0.2) is 17.6 Å². The van der Waals surface area contributed by atoms with Crippen molar-refractivity contribution in [3.8, 4) is 17.2 Å². The lowest BCUT2D eigenvalue weighted by atomic mass is 9.68. The number of rotatable bonds is 9. The molecule has 1 radical (unpaired) electrons. The molecular weight excluding hydrogens is 525 g/mol. The standard InChI is InChI=1S/C30H34F7O2/c1-2-3-4-5-18-6-8-19(9-7-18)20-10-12-21(13-11-20)27-23(31)14-15-26(28(27)34)38-22-16-24(32)29(25(33)17-22)39-30(35,36)37/h14,16-21H,2-13H2,1H3/t18-,19-,20?,21?. The number of halogens is 7. The van der Waals surface area contributed by atoms with Crippen molar-refractivity contribution in [2.24, 2.45) is 17.8 Å². The van der Waals surface area contributed by atoms with Gasteiger partial charge in [0.05, 0.1) is 0 Å². The summed E-state index contributed by atoms with van der Waals surface area (Å²) in [4.78, 5) is 0. The fourth-order valence-corrected chi connectivity index (χ4v) is 6.38. The molecule has 0 N–H and O–H groups in total. The minimum absolute atomic E-state index is 0.153. The van der Waals surface area contributed by atoms with E-state index >= 15 is 4.39 Å². The second-order valence-corrected chi connectivity index (χ2v) is 10.9. The Balaban J connectivity index is 1.38. The Kier molecular flexibility index (Phi) is 9.70. The Morgan fingerprint density at radius 1 is 0.821 bits per heavy atom. The highest BCUT2D eigenvalue weighted by atomic mass is 19.4. The summed E-state index contributed by atoms with van der Waals surface area (Å²) < 4.78 is 104. The zero-order valence-electron chi connectivity index (χ0n) is 22.0. The quantitative estimate of drug-likeness (QED) is 0.225. The highest BCUT2D eigenvalue weighted by Gasteiger charge is 2.35. The van der Waals surface area contributed by atoms with Crippen LogP contribution in [0.25, 0.3) is 0 Å². The first kappa shape index (κ1) is 29.5.